The highest BCUT2D eigenvalue weighted by atomic mass is 35.5. The van der Waals surface area contributed by atoms with Crippen LogP contribution in [0.25, 0.3) is 16.6 Å². The fraction of sp³-hybridized carbons (Fsp3) is 0.0455. The second-order valence-corrected chi connectivity index (χ2v) is 7.40. The maximum absolute atomic E-state index is 14.4. The average molecular weight is 442 g/mol. The first-order chi connectivity index (χ1) is 14.3. The van der Waals surface area contributed by atoms with Gasteiger partial charge in [-0.1, -0.05) is 35.3 Å². The number of fused-ring (bicyclic) bond motifs is 1. The summed E-state index contributed by atoms with van der Waals surface area (Å²) in [6, 6.07) is 15.4. The maximum Gasteiger partial charge on any atom is 0.265 e. The van der Waals surface area contributed by atoms with E-state index in [2.05, 4.69) is 10.3 Å². The Bertz CT molecular complexity index is 1370. The number of benzene rings is 3. The maximum atomic E-state index is 14.4. The van der Waals surface area contributed by atoms with E-state index in [9.17, 15) is 14.0 Å². The van der Waals surface area contributed by atoms with Gasteiger partial charge in [0.05, 0.1) is 32.9 Å². The fourth-order valence-electron chi connectivity index (χ4n) is 3.16. The van der Waals surface area contributed by atoms with E-state index in [4.69, 9.17) is 23.2 Å². The lowest BCUT2D eigenvalue weighted by molar-refractivity contribution is 0.102. The minimum Gasteiger partial charge on any atom is -0.319 e. The Hall–Kier alpha value is -3.22. The predicted molar refractivity (Wildman–Crippen MR) is 116 cm³/mol. The van der Waals surface area contributed by atoms with E-state index in [0.717, 1.165) is 0 Å². The lowest BCUT2D eigenvalue weighted by Crippen LogP contribution is -2.22. The molecule has 0 bridgehead atoms. The quantitative estimate of drug-likeness (QED) is 0.463. The molecule has 0 saturated heterocycles. The Labute approximate surface area is 180 Å². The largest absolute Gasteiger partial charge is 0.319 e. The molecule has 0 radical (unpaired) electrons. The van der Waals surface area contributed by atoms with Crippen LogP contribution >= 0.6 is 23.2 Å². The summed E-state index contributed by atoms with van der Waals surface area (Å²) in [5.74, 6) is -0.826. The molecule has 0 saturated carbocycles. The molecule has 0 aliphatic heterocycles. The Kier molecular flexibility index (Phi) is 5.28. The molecule has 8 heteroatoms. The third kappa shape index (κ3) is 3.67. The number of para-hydroxylation sites is 1. The van der Waals surface area contributed by atoms with Gasteiger partial charge in [0.15, 0.2) is 0 Å². The van der Waals surface area contributed by atoms with Crippen molar-refractivity contribution in [2.24, 2.45) is 0 Å². The molecule has 0 aliphatic carbocycles. The van der Waals surface area contributed by atoms with Crippen LogP contribution in [0.1, 0.15) is 16.2 Å². The molecular formula is C22H14Cl2FN3O2. The van der Waals surface area contributed by atoms with Crippen molar-refractivity contribution in [1.29, 1.82) is 0 Å². The summed E-state index contributed by atoms with van der Waals surface area (Å²) in [6.45, 7) is 1.68. The summed E-state index contributed by atoms with van der Waals surface area (Å²) in [6.07, 6.45) is 0. The van der Waals surface area contributed by atoms with Crippen LogP contribution < -0.4 is 10.9 Å². The number of halogens is 3. The standard InChI is InChI=1S/C22H14Cl2FN3O2/c1-12-26-19-5-3-2-4-16(19)22(30)28(12)14-7-9-18(25)20(11-14)27-21(29)15-8-6-13(23)10-17(15)24/h2-11H,1H3,(H,27,29). The minimum atomic E-state index is -0.656. The van der Waals surface area contributed by atoms with Gasteiger partial charge in [-0.15, -0.1) is 0 Å². The van der Waals surface area contributed by atoms with Crippen molar-refractivity contribution in [3.8, 4) is 5.69 Å². The smallest absolute Gasteiger partial charge is 0.265 e. The molecular weight excluding hydrogens is 428 g/mol. The first-order valence-electron chi connectivity index (χ1n) is 8.90. The second kappa shape index (κ2) is 7.89. The zero-order valence-corrected chi connectivity index (χ0v) is 17.1. The highest BCUT2D eigenvalue weighted by molar-refractivity contribution is 6.37. The number of hydrogen-bond acceptors (Lipinski definition) is 3. The van der Waals surface area contributed by atoms with Gasteiger partial charge in [0.2, 0.25) is 0 Å². The number of nitrogens with one attached hydrogen (secondary N) is 1. The number of hydrogen-bond donors (Lipinski definition) is 1. The van der Waals surface area contributed by atoms with E-state index >= 15 is 0 Å². The first-order valence-corrected chi connectivity index (χ1v) is 9.65. The van der Waals surface area contributed by atoms with E-state index in [0.29, 0.717) is 27.4 Å². The predicted octanol–water partition coefficient (Wildman–Crippen LogP) is 5.39. The number of nitrogens with zero attached hydrogens (tertiary/aromatic N) is 2. The van der Waals surface area contributed by atoms with Gasteiger partial charge in [0.25, 0.3) is 11.5 Å². The zero-order chi connectivity index (χ0) is 21.4. The molecule has 4 aromatic rings. The Balaban J connectivity index is 1.77. The molecule has 4 rings (SSSR count). The molecule has 1 heterocycles. The normalized spacial score (nSPS) is 10.9. The molecule has 1 N–H and O–H groups in total. The van der Waals surface area contributed by atoms with Gasteiger partial charge < -0.3 is 5.32 Å². The third-order valence-electron chi connectivity index (χ3n) is 4.58. The van der Waals surface area contributed by atoms with Crippen LogP contribution in [0.5, 0.6) is 0 Å². The van der Waals surface area contributed by atoms with Gasteiger partial charge in [-0.3, -0.25) is 14.2 Å². The van der Waals surface area contributed by atoms with Gasteiger partial charge in [-0.05, 0) is 55.5 Å². The number of aromatic nitrogens is 2. The Morgan fingerprint density at radius 2 is 1.83 bits per heavy atom. The number of carbonyl (C=O) groups excluding carboxylic acids is 1. The summed E-state index contributed by atoms with van der Waals surface area (Å²) in [4.78, 5) is 30.0. The van der Waals surface area contributed by atoms with Crippen molar-refractivity contribution < 1.29 is 9.18 Å². The molecule has 30 heavy (non-hydrogen) atoms. The van der Waals surface area contributed by atoms with Crippen LogP contribution in [0, 0.1) is 12.7 Å². The molecule has 1 amide bonds. The summed E-state index contributed by atoms with van der Waals surface area (Å²) in [5, 5.41) is 3.45. The number of anilines is 1. The van der Waals surface area contributed by atoms with Crippen LogP contribution in [0.4, 0.5) is 10.1 Å². The summed E-state index contributed by atoms with van der Waals surface area (Å²) < 4.78 is 15.8. The second-order valence-electron chi connectivity index (χ2n) is 6.56. The molecule has 3 aromatic carbocycles. The van der Waals surface area contributed by atoms with Crippen molar-refractivity contribution in [2.45, 2.75) is 6.92 Å². The van der Waals surface area contributed by atoms with Crippen LogP contribution in [-0.4, -0.2) is 15.5 Å². The number of rotatable bonds is 3. The minimum absolute atomic E-state index is 0.0945. The number of carbonyl (C=O) groups is 1. The fourth-order valence-corrected chi connectivity index (χ4v) is 3.65. The molecule has 0 aliphatic rings. The van der Waals surface area contributed by atoms with Crippen molar-refractivity contribution in [1.82, 2.24) is 9.55 Å². The molecule has 1 aromatic heterocycles. The van der Waals surface area contributed by atoms with Gasteiger partial charge in [0, 0.05) is 5.02 Å². The third-order valence-corrected chi connectivity index (χ3v) is 5.12. The molecule has 0 spiro atoms. The summed E-state index contributed by atoms with van der Waals surface area (Å²) in [7, 11) is 0. The van der Waals surface area contributed by atoms with Gasteiger partial charge in [-0.25, -0.2) is 9.37 Å². The van der Waals surface area contributed by atoms with Crippen molar-refractivity contribution in [3.63, 3.8) is 0 Å². The lowest BCUT2D eigenvalue weighted by atomic mass is 10.2. The molecule has 0 atom stereocenters. The van der Waals surface area contributed by atoms with Gasteiger partial charge in [0.1, 0.15) is 11.6 Å². The van der Waals surface area contributed by atoms with E-state index < -0.39 is 11.7 Å². The Morgan fingerprint density at radius 1 is 1.07 bits per heavy atom. The zero-order valence-electron chi connectivity index (χ0n) is 15.6. The molecule has 0 unspecified atom stereocenters. The van der Waals surface area contributed by atoms with Crippen molar-refractivity contribution in [2.75, 3.05) is 5.32 Å². The van der Waals surface area contributed by atoms with Crippen LogP contribution in [-0.2, 0) is 0 Å². The Morgan fingerprint density at radius 3 is 2.60 bits per heavy atom. The SMILES string of the molecule is Cc1nc2ccccc2c(=O)n1-c1ccc(F)c(NC(=O)c2ccc(Cl)cc2Cl)c1. The first kappa shape index (κ1) is 20.1. The van der Waals surface area contributed by atoms with Gasteiger partial charge >= 0.3 is 0 Å². The summed E-state index contributed by atoms with van der Waals surface area (Å²) >= 11 is 11.9. The van der Waals surface area contributed by atoms with Crippen molar-refractivity contribution >= 4 is 45.7 Å². The van der Waals surface area contributed by atoms with Crippen LogP contribution in [0.3, 0.4) is 0 Å². The van der Waals surface area contributed by atoms with Gasteiger partial charge in [-0.2, -0.15) is 0 Å². The average Bonchev–Trinajstić information content (AvgIpc) is 2.70. The highest BCUT2D eigenvalue weighted by Gasteiger charge is 2.16. The summed E-state index contributed by atoms with van der Waals surface area (Å²) in [5.41, 5.74) is 0.705. The monoisotopic (exact) mass is 441 g/mol. The highest BCUT2D eigenvalue weighted by Crippen LogP contribution is 2.24. The van der Waals surface area contributed by atoms with E-state index in [1.807, 2.05) is 0 Å². The van der Waals surface area contributed by atoms with Crippen molar-refractivity contribution in [3.05, 3.63) is 98.3 Å². The number of amides is 1. The molecule has 150 valence electrons. The molecule has 5 nitrogen and oxygen atoms in total. The molecule has 0 fully saturated rings. The van der Waals surface area contributed by atoms with Crippen LogP contribution in [0.2, 0.25) is 10.0 Å². The van der Waals surface area contributed by atoms with E-state index in [1.54, 1.807) is 31.2 Å². The topological polar surface area (TPSA) is 64.0 Å². The van der Waals surface area contributed by atoms with E-state index in [-0.39, 0.29) is 21.8 Å². The number of aryl methyl sites for hydroxylation is 1. The van der Waals surface area contributed by atoms with Crippen LogP contribution in [0.15, 0.2) is 65.5 Å². The lowest BCUT2D eigenvalue weighted by Gasteiger charge is -2.13. The van der Waals surface area contributed by atoms with E-state index in [1.165, 1.54) is 41.0 Å².